The van der Waals surface area contributed by atoms with Gasteiger partial charge in [-0.1, -0.05) is 17.7 Å². The average molecular weight is 291 g/mol. The second kappa shape index (κ2) is 6.39. The van der Waals surface area contributed by atoms with Crippen molar-refractivity contribution in [2.45, 2.75) is 59.6 Å². The van der Waals surface area contributed by atoms with Gasteiger partial charge in [-0.15, -0.1) is 0 Å². The lowest BCUT2D eigenvalue weighted by Gasteiger charge is -2.22. The molecule has 0 spiro atoms. The highest BCUT2D eigenvalue weighted by Gasteiger charge is 2.25. The van der Waals surface area contributed by atoms with E-state index in [-0.39, 0.29) is 12.2 Å². The number of carbonyl (C=O) groups is 2. The predicted octanol–water partition coefficient (Wildman–Crippen LogP) is 2.85. The first-order chi connectivity index (χ1) is 9.51. The molecule has 0 aromatic heterocycles. The lowest BCUT2D eigenvalue weighted by Crippen LogP contribution is -2.39. The van der Waals surface area contributed by atoms with Crippen LogP contribution in [0.5, 0.6) is 0 Å². The van der Waals surface area contributed by atoms with E-state index in [4.69, 9.17) is 10.5 Å². The Morgan fingerprint density at radius 2 is 1.62 bits per heavy atom. The number of hydrogen-bond acceptors (Lipinski definition) is 4. The van der Waals surface area contributed by atoms with E-state index in [0.29, 0.717) is 5.56 Å². The summed E-state index contributed by atoms with van der Waals surface area (Å²) in [6.07, 6.45) is -0.0420. The fourth-order valence-electron chi connectivity index (χ4n) is 2.38. The van der Waals surface area contributed by atoms with Crippen LogP contribution in [0.25, 0.3) is 0 Å². The summed E-state index contributed by atoms with van der Waals surface area (Å²) in [6, 6.07) is 2.98. The van der Waals surface area contributed by atoms with Crippen molar-refractivity contribution in [3.05, 3.63) is 34.4 Å². The predicted molar refractivity (Wildman–Crippen MR) is 83.4 cm³/mol. The number of rotatable bonds is 4. The summed E-state index contributed by atoms with van der Waals surface area (Å²) in [5, 5.41) is 0. The zero-order valence-electron chi connectivity index (χ0n) is 13.7. The molecular formula is C17H25NO3. The van der Waals surface area contributed by atoms with Crippen molar-refractivity contribution in [1.29, 1.82) is 0 Å². The maximum atomic E-state index is 12.4. The third kappa shape index (κ3) is 4.97. The molecule has 0 aliphatic heterocycles. The first-order valence-corrected chi connectivity index (χ1v) is 7.11. The van der Waals surface area contributed by atoms with Gasteiger partial charge >= 0.3 is 5.97 Å². The van der Waals surface area contributed by atoms with Gasteiger partial charge in [-0.25, -0.2) is 0 Å². The Hall–Kier alpha value is -1.68. The average Bonchev–Trinajstić information content (AvgIpc) is 2.24. The lowest BCUT2D eigenvalue weighted by molar-refractivity contribution is -0.156. The summed E-state index contributed by atoms with van der Waals surface area (Å²) < 4.78 is 5.20. The molecule has 1 aromatic rings. The lowest BCUT2D eigenvalue weighted by atomic mass is 9.93. The molecule has 21 heavy (non-hydrogen) atoms. The normalized spacial score (nSPS) is 12.9. The van der Waals surface area contributed by atoms with Gasteiger partial charge in [-0.3, -0.25) is 9.59 Å². The Bertz CT molecular complexity index is 533. The van der Waals surface area contributed by atoms with Crippen LogP contribution < -0.4 is 5.73 Å². The third-order valence-electron chi connectivity index (χ3n) is 3.07. The Morgan fingerprint density at radius 3 is 2.05 bits per heavy atom. The van der Waals surface area contributed by atoms with Crippen LogP contribution in [0.3, 0.4) is 0 Å². The topological polar surface area (TPSA) is 69.4 Å². The van der Waals surface area contributed by atoms with E-state index in [9.17, 15) is 9.59 Å². The Labute approximate surface area is 126 Å². The molecule has 1 rings (SSSR count). The van der Waals surface area contributed by atoms with Crippen molar-refractivity contribution in [2.75, 3.05) is 0 Å². The third-order valence-corrected chi connectivity index (χ3v) is 3.07. The molecular weight excluding hydrogens is 266 g/mol. The molecule has 0 radical (unpaired) electrons. The second-order valence-corrected chi connectivity index (χ2v) is 6.54. The quantitative estimate of drug-likeness (QED) is 0.684. The molecule has 0 aliphatic carbocycles. The molecule has 1 atom stereocenters. The molecule has 1 aromatic carbocycles. The molecule has 1 unspecified atom stereocenters. The van der Waals surface area contributed by atoms with Crippen molar-refractivity contribution in [2.24, 2.45) is 5.73 Å². The van der Waals surface area contributed by atoms with Crippen LogP contribution >= 0.6 is 0 Å². The van der Waals surface area contributed by atoms with Crippen molar-refractivity contribution in [3.8, 4) is 0 Å². The maximum absolute atomic E-state index is 12.4. The molecule has 4 nitrogen and oxygen atoms in total. The van der Waals surface area contributed by atoms with E-state index in [2.05, 4.69) is 0 Å². The van der Waals surface area contributed by atoms with Crippen LogP contribution in [-0.4, -0.2) is 23.4 Å². The minimum Gasteiger partial charge on any atom is -0.459 e. The summed E-state index contributed by atoms with van der Waals surface area (Å²) >= 11 is 0. The van der Waals surface area contributed by atoms with E-state index >= 15 is 0 Å². The molecule has 116 valence electrons. The highest BCUT2D eigenvalue weighted by molar-refractivity contribution is 6.01. The first kappa shape index (κ1) is 17.4. The summed E-state index contributed by atoms with van der Waals surface area (Å²) in [5.41, 5.74) is 8.78. The minimum absolute atomic E-state index is 0.0420. The van der Waals surface area contributed by atoms with E-state index in [1.54, 1.807) is 20.8 Å². The molecule has 0 saturated heterocycles. The molecule has 0 bridgehead atoms. The summed E-state index contributed by atoms with van der Waals surface area (Å²) in [4.78, 5) is 24.2. The zero-order valence-corrected chi connectivity index (χ0v) is 13.7. The number of carbonyl (C=O) groups excluding carboxylic acids is 2. The maximum Gasteiger partial charge on any atom is 0.323 e. The van der Waals surface area contributed by atoms with E-state index in [1.165, 1.54) is 0 Å². The van der Waals surface area contributed by atoms with Crippen LogP contribution in [0, 0.1) is 20.8 Å². The molecule has 2 N–H and O–H groups in total. The molecule has 4 heteroatoms. The molecule has 0 aliphatic rings. The van der Waals surface area contributed by atoms with Gasteiger partial charge in [0.25, 0.3) is 0 Å². The van der Waals surface area contributed by atoms with Crippen molar-refractivity contribution < 1.29 is 14.3 Å². The number of Topliss-reactive ketones (excluding diaryl/α,β-unsaturated/α-hetero) is 1. The largest absolute Gasteiger partial charge is 0.459 e. The van der Waals surface area contributed by atoms with Gasteiger partial charge in [0, 0.05) is 12.0 Å². The van der Waals surface area contributed by atoms with E-state index < -0.39 is 17.6 Å². The van der Waals surface area contributed by atoms with Gasteiger partial charge in [-0.05, 0) is 52.7 Å². The van der Waals surface area contributed by atoms with Gasteiger partial charge in [-0.2, -0.15) is 0 Å². The monoisotopic (exact) mass is 291 g/mol. The van der Waals surface area contributed by atoms with Gasteiger partial charge in [0.1, 0.15) is 11.6 Å². The van der Waals surface area contributed by atoms with Crippen molar-refractivity contribution in [1.82, 2.24) is 0 Å². The number of esters is 1. The Balaban J connectivity index is 2.85. The highest BCUT2D eigenvalue weighted by Crippen LogP contribution is 2.19. The number of aryl methyl sites for hydroxylation is 3. The van der Waals surface area contributed by atoms with E-state index in [0.717, 1.165) is 16.7 Å². The number of ether oxygens (including phenoxy) is 1. The molecule has 0 fully saturated rings. The SMILES string of the molecule is Cc1cc(C)c(C(=O)CC(N)C(=O)OC(C)(C)C)c(C)c1. The number of benzene rings is 1. The fraction of sp³-hybridized carbons (Fsp3) is 0.529. The van der Waals surface area contributed by atoms with Gasteiger partial charge < -0.3 is 10.5 Å². The number of hydrogen-bond donors (Lipinski definition) is 1. The standard InChI is InChI=1S/C17H25NO3/c1-10-7-11(2)15(12(3)8-10)14(19)9-13(18)16(20)21-17(4,5)6/h7-8,13H,9,18H2,1-6H3. The summed E-state index contributed by atoms with van der Waals surface area (Å²) in [6.45, 7) is 11.1. The summed E-state index contributed by atoms with van der Waals surface area (Å²) in [7, 11) is 0. The summed E-state index contributed by atoms with van der Waals surface area (Å²) in [5.74, 6) is -0.665. The zero-order chi connectivity index (χ0) is 16.4. The Morgan fingerprint density at radius 1 is 1.14 bits per heavy atom. The van der Waals surface area contributed by atoms with Gasteiger partial charge in [0.2, 0.25) is 0 Å². The van der Waals surface area contributed by atoms with Crippen LogP contribution in [0.1, 0.15) is 54.2 Å². The smallest absolute Gasteiger partial charge is 0.323 e. The molecule has 0 saturated carbocycles. The van der Waals surface area contributed by atoms with Gasteiger partial charge in [0.15, 0.2) is 5.78 Å². The fourth-order valence-corrected chi connectivity index (χ4v) is 2.38. The first-order valence-electron chi connectivity index (χ1n) is 7.11. The van der Waals surface area contributed by atoms with Crippen LogP contribution in [0.2, 0.25) is 0 Å². The minimum atomic E-state index is -0.933. The van der Waals surface area contributed by atoms with Crippen LogP contribution in [0.4, 0.5) is 0 Å². The number of ketones is 1. The van der Waals surface area contributed by atoms with E-state index in [1.807, 2.05) is 32.9 Å². The molecule has 0 heterocycles. The highest BCUT2D eigenvalue weighted by atomic mass is 16.6. The van der Waals surface area contributed by atoms with Crippen molar-refractivity contribution in [3.63, 3.8) is 0 Å². The van der Waals surface area contributed by atoms with Crippen LogP contribution in [-0.2, 0) is 9.53 Å². The number of nitrogens with two attached hydrogens (primary N) is 1. The van der Waals surface area contributed by atoms with Crippen LogP contribution in [0.15, 0.2) is 12.1 Å². The second-order valence-electron chi connectivity index (χ2n) is 6.54. The van der Waals surface area contributed by atoms with Gasteiger partial charge in [0.05, 0.1) is 0 Å². The Kier molecular flexibility index (Phi) is 5.29. The van der Waals surface area contributed by atoms with Crippen molar-refractivity contribution >= 4 is 11.8 Å². The molecule has 0 amide bonds.